The van der Waals surface area contributed by atoms with Gasteiger partial charge in [0.25, 0.3) is 0 Å². The van der Waals surface area contributed by atoms with Crippen molar-refractivity contribution in [3.8, 4) is 0 Å². The first-order valence-electron chi connectivity index (χ1n) is 3.58. The van der Waals surface area contributed by atoms with Gasteiger partial charge in [0.15, 0.2) is 0 Å². The van der Waals surface area contributed by atoms with Gasteiger partial charge in [-0.15, -0.1) is 0 Å². The molecule has 27 heteroatoms. The summed E-state index contributed by atoms with van der Waals surface area (Å²) in [5, 5.41) is 0. The van der Waals surface area contributed by atoms with Crippen LogP contribution in [0.5, 0.6) is 0 Å². The van der Waals surface area contributed by atoms with Crippen LogP contribution in [-0.4, -0.2) is 55.6 Å². The van der Waals surface area contributed by atoms with E-state index in [1.54, 1.807) is 0 Å². The first-order chi connectivity index (χ1) is 10.4. The molecule has 0 aliphatic rings. The maximum atomic E-state index is 9.99. The van der Waals surface area contributed by atoms with Crippen molar-refractivity contribution in [2.45, 2.75) is 0 Å². The van der Waals surface area contributed by atoms with Crippen LogP contribution in [-0.2, 0) is 76.2 Å². The van der Waals surface area contributed by atoms with Crippen molar-refractivity contribution < 1.29 is 130 Å². The van der Waals surface area contributed by atoms with Gasteiger partial charge in [-0.25, -0.2) is 0 Å². The van der Waals surface area contributed by atoms with Crippen LogP contribution in [0.2, 0.25) is 0 Å². The van der Waals surface area contributed by atoms with Gasteiger partial charge < -0.3 is 55.5 Å². The molecule has 27 heavy (non-hydrogen) atoms. The van der Waals surface area contributed by atoms with E-state index in [1.807, 2.05) is 0 Å². The van der Waals surface area contributed by atoms with E-state index in [9.17, 15) is 24.6 Å². The van der Waals surface area contributed by atoms with Crippen molar-refractivity contribution in [1.29, 1.82) is 0 Å². The molecule has 0 unspecified atom stereocenters. The molecule has 0 aromatic carbocycles. The van der Waals surface area contributed by atoms with Crippen molar-refractivity contribution in [3.05, 3.63) is 0 Å². The zero-order valence-corrected chi connectivity index (χ0v) is 20.1. The Morgan fingerprint density at radius 1 is 0.333 bits per heavy atom. The average Bonchev–Trinajstić information content (AvgIpc) is 2.08. The summed E-state index contributed by atoms with van der Waals surface area (Å²) in [6, 6.07) is 0. The van der Waals surface area contributed by atoms with Crippen molar-refractivity contribution >= 4 is 55.6 Å². The summed E-state index contributed by atoms with van der Waals surface area (Å²) in [6.45, 7) is 0. The molecule has 0 heterocycles. The summed E-state index contributed by atoms with van der Waals surface area (Å²) in [6.07, 6.45) is 0. The van der Waals surface area contributed by atoms with E-state index in [0.717, 1.165) is 0 Å². The average molecular weight is 651 g/mol. The second kappa shape index (κ2) is 50.1. The van der Waals surface area contributed by atoms with Crippen LogP contribution >= 0.6 is 0 Å². The van der Waals surface area contributed by atoms with Gasteiger partial charge in [0.2, 0.25) is 0 Å². The summed E-state index contributed by atoms with van der Waals surface area (Å²) in [5.74, 6) is 0. The monoisotopic (exact) mass is 648 g/mol. The fourth-order valence-corrected chi connectivity index (χ4v) is 0. The Hall–Kier alpha value is -0.0382. The Morgan fingerprint density at radius 3 is 0.333 bits per heavy atom. The third kappa shape index (κ3) is 10200000. The van der Waals surface area contributed by atoms with Gasteiger partial charge in [-0.1, -0.05) is 0 Å². The summed E-state index contributed by atoms with van der Waals surface area (Å²) in [5.41, 5.74) is 0. The van der Waals surface area contributed by atoms with E-state index in [4.69, 9.17) is 55.5 Å². The molecule has 12 nitrogen and oxygen atoms in total. The summed E-state index contributed by atoms with van der Waals surface area (Å²) in [4.78, 5) is 50.4. The quantitative estimate of drug-likeness (QED) is 0.135. The predicted octanol–water partition coefficient (Wildman–Crippen LogP) is -7.62. The zero-order chi connectivity index (χ0) is 21.5. The fraction of sp³-hybridized carbons (Fsp3) is 0. The molecule has 0 atom stereocenters. The summed E-state index contributed by atoms with van der Waals surface area (Å²) >= 11 is 0. The van der Waals surface area contributed by atoms with Gasteiger partial charge in [-0.2, -0.15) is 0 Å². The minimum Gasteiger partial charge on any atom is -0.560 e. The fourth-order valence-electron chi connectivity index (χ4n) is 0. The van der Waals surface area contributed by atoms with Gasteiger partial charge in [0.1, 0.15) is 0 Å². The van der Waals surface area contributed by atoms with E-state index in [1.165, 1.54) is 0 Å². The van der Waals surface area contributed by atoms with Crippen molar-refractivity contribution in [3.63, 3.8) is 0 Å². The molecule has 0 saturated heterocycles. The molecule has 0 amide bonds. The maximum Gasteiger partial charge on any atom is 2.00 e. The van der Waals surface area contributed by atoms with Crippen LogP contribution in [0, 0.1) is 0 Å². The molecular formula is F6Ni3O12Si6. The number of rotatable bonds is 0. The van der Waals surface area contributed by atoms with Crippen molar-refractivity contribution in [2.75, 3.05) is 0 Å². The molecule has 0 aromatic heterocycles. The first-order valence-corrected chi connectivity index (χ1v) is 10.8. The minimum atomic E-state index is -3.88. The number of hydrogen-bond donors (Lipinski definition) is 0. The number of halogens is 6. The molecule has 0 bridgehead atoms. The Morgan fingerprint density at radius 2 is 0.333 bits per heavy atom. The van der Waals surface area contributed by atoms with Gasteiger partial charge in [0, 0.05) is 0 Å². The van der Waals surface area contributed by atoms with Crippen molar-refractivity contribution in [2.24, 2.45) is 0 Å². The summed E-state index contributed by atoms with van der Waals surface area (Å²) in [7, 11) is -23.3. The Bertz CT molecular complexity index is 281. The van der Waals surface area contributed by atoms with Crippen LogP contribution in [0.15, 0.2) is 0 Å². The standard InChI is InChI=1S/6FO2Si.3Ni/c6*1-4(2)3;;;/q6*-1;3*+2. The van der Waals surface area contributed by atoms with E-state index in [2.05, 4.69) is 0 Å². The molecule has 0 N–H and O–H groups in total. The molecule has 168 valence electrons. The van der Waals surface area contributed by atoms with Crippen molar-refractivity contribution in [1.82, 2.24) is 0 Å². The van der Waals surface area contributed by atoms with Crippen LogP contribution in [0.1, 0.15) is 0 Å². The molecule has 0 aromatic rings. The zero-order valence-electron chi connectivity index (χ0n) is 11.1. The van der Waals surface area contributed by atoms with E-state index in [-0.39, 0.29) is 49.5 Å². The maximum absolute atomic E-state index is 9.99. The number of hydrogen-bond acceptors (Lipinski definition) is 12. The normalized spacial score (nSPS) is 5.56. The van der Waals surface area contributed by atoms with Gasteiger partial charge in [-0.05, 0) is 0 Å². The van der Waals surface area contributed by atoms with Crippen LogP contribution in [0.4, 0.5) is 24.6 Å². The third-order valence-electron chi connectivity index (χ3n) is 0. The first kappa shape index (κ1) is 56.3. The molecule has 0 aliphatic carbocycles. The van der Waals surface area contributed by atoms with E-state index < -0.39 is 55.6 Å². The van der Waals surface area contributed by atoms with Crippen LogP contribution in [0.25, 0.3) is 0 Å². The predicted molar refractivity (Wildman–Crippen MR) is 45.3 cm³/mol. The van der Waals surface area contributed by atoms with Gasteiger partial charge >= 0.3 is 105 Å². The molecular weight excluding hydrogens is 651 g/mol. The molecule has 0 rings (SSSR count). The largest absolute Gasteiger partial charge is 2.00 e. The van der Waals surface area contributed by atoms with E-state index >= 15 is 0 Å². The second-order valence-corrected chi connectivity index (χ2v) is 4.28. The molecule has 0 radical (unpaired) electrons. The third-order valence-corrected chi connectivity index (χ3v) is 0. The molecule has 0 aliphatic heterocycles. The Labute approximate surface area is 184 Å². The summed E-state index contributed by atoms with van der Waals surface area (Å²) < 4.78 is 110. The van der Waals surface area contributed by atoms with Gasteiger partial charge in [-0.3, -0.25) is 24.6 Å². The Kier molecular flexibility index (Phi) is 105. The van der Waals surface area contributed by atoms with E-state index in [0.29, 0.717) is 0 Å². The molecule has 0 saturated carbocycles. The second-order valence-electron chi connectivity index (χ2n) is 1.43. The SMILES string of the molecule is O=[Si]([O-])F.O=[Si]([O-])F.O=[Si]([O-])F.O=[Si]([O-])F.O=[Si]([O-])F.O=[Si]([O-])F.[Ni+2].[Ni+2].[Ni+2]. The smallest absolute Gasteiger partial charge is 0.560 e. The molecule has 0 spiro atoms. The Balaban J connectivity index is -0.0000000201. The van der Waals surface area contributed by atoms with Gasteiger partial charge in [0.05, 0.1) is 0 Å². The van der Waals surface area contributed by atoms with Crippen LogP contribution in [0.3, 0.4) is 0 Å². The minimum absolute atomic E-state index is 0. The molecule has 0 fully saturated rings. The van der Waals surface area contributed by atoms with Crippen LogP contribution < -0.4 is 28.8 Å². The topological polar surface area (TPSA) is 241 Å².